The topological polar surface area (TPSA) is 16.4 Å². The maximum Gasteiger partial charge on any atom is 0.143 e. The molecule has 262 valence electrons. The van der Waals surface area contributed by atoms with Crippen molar-refractivity contribution in [3.63, 3.8) is 0 Å². The fourth-order valence-electron chi connectivity index (χ4n) is 8.47. The van der Waals surface area contributed by atoms with Gasteiger partial charge in [0.2, 0.25) is 0 Å². The molecule has 2 nitrogen and oxygen atoms in total. The second-order valence-corrected chi connectivity index (χ2v) is 14.5. The third-order valence-corrected chi connectivity index (χ3v) is 11.3. The Hall–Kier alpha value is -7.42. The van der Waals surface area contributed by atoms with Gasteiger partial charge in [-0.2, -0.15) is 0 Å². The molecule has 0 amide bonds. The van der Waals surface area contributed by atoms with Gasteiger partial charge in [-0.05, 0) is 109 Å². The van der Waals surface area contributed by atoms with Crippen molar-refractivity contribution in [1.82, 2.24) is 0 Å². The van der Waals surface area contributed by atoms with Gasteiger partial charge in [0.05, 0.1) is 0 Å². The first-order chi connectivity index (χ1) is 27.7. The largest absolute Gasteiger partial charge is 0.455 e. The number of benzene rings is 10. The first-order valence-electron chi connectivity index (χ1n) is 19.2. The zero-order valence-corrected chi connectivity index (χ0v) is 30.6. The molecule has 0 fully saturated rings. The minimum Gasteiger partial charge on any atom is -0.455 e. The lowest BCUT2D eigenvalue weighted by atomic mass is 9.94. The normalized spacial score (nSPS) is 11.6. The molecule has 0 saturated carbocycles. The monoisotopic (exact) mass is 713 g/mol. The van der Waals surface area contributed by atoms with E-state index >= 15 is 0 Å². The zero-order valence-electron chi connectivity index (χ0n) is 30.6. The van der Waals surface area contributed by atoms with Crippen molar-refractivity contribution in [2.45, 2.75) is 0 Å². The third-order valence-electron chi connectivity index (χ3n) is 11.3. The summed E-state index contributed by atoms with van der Waals surface area (Å²) in [5.74, 6) is 0. The molecule has 2 heteroatoms. The van der Waals surface area contributed by atoms with Crippen LogP contribution in [0.1, 0.15) is 0 Å². The van der Waals surface area contributed by atoms with E-state index < -0.39 is 0 Å². The molecular weight excluding hydrogens is 679 g/mol. The summed E-state index contributed by atoms with van der Waals surface area (Å²) >= 11 is 0. The molecule has 0 aliphatic carbocycles. The van der Waals surface area contributed by atoms with Crippen LogP contribution in [0.5, 0.6) is 0 Å². The van der Waals surface area contributed by atoms with Crippen molar-refractivity contribution in [2.75, 3.05) is 4.90 Å². The molecule has 0 saturated heterocycles. The lowest BCUT2D eigenvalue weighted by Crippen LogP contribution is -2.10. The van der Waals surface area contributed by atoms with E-state index in [1.54, 1.807) is 0 Å². The molecule has 0 unspecified atom stereocenters. The number of hydrogen-bond acceptors (Lipinski definition) is 2. The minimum absolute atomic E-state index is 0.908. The van der Waals surface area contributed by atoms with E-state index in [9.17, 15) is 0 Å². The molecule has 0 N–H and O–H groups in total. The van der Waals surface area contributed by atoms with Gasteiger partial charge in [-0.15, -0.1) is 0 Å². The Kier molecular flexibility index (Phi) is 7.53. The summed E-state index contributed by atoms with van der Waals surface area (Å²) in [4.78, 5) is 2.35. The highest BCUT2D eigenvalue weighted by molar-refractivity contribution is 6.17. The molecule has 0 spiro atoms. The highest BCUT2D eigenvalue weighted by Gasteiger charge is 2.17. The number of fused-ring (bicyclic) bond motifs is 8. The van der Waals surface area contributed by atoms with Gasteiger partial charge in [0, 0.05) is 33.4 Å². The highest BCUT2D eigenvalue weighted by Crippen LogP contribution is 2.41. The zero-order chi connectivity index (χ0) is 37.0. The van der Waals surface area contributed by atoms with Crippen LogP contribution >= 0.6 is 0 Å². The Bertz CT molecular complexity index is 3230. The summed E-state index contributed by atoms with van der Waals surface area (Å²) in [6, 6.07) is 76.5. The Morgan fingerprint density at radius 1 is 0.286 bits per heavy atom. The SMILES string of the molecule is c1ccc(-c2cccc(N(c3ccc(-c4ccc5ccc6c7ccccc7ccc6c5c4)cc3)c3ccc(-c4cccc5c4oc4ccccc45)cc3)c2)cc1. The fourth-order valence-corrected chi connectivity index (χ4v) is 8.47. The second-order valence-electron chi connectivity index (χ2n) is 14.5. The van der Waals surface area contributed by atoms with Crippen LogP contribution in [0.2, 0.25) is 0 Å². The highest BCUT2D eigenvalue weighted by atomic mass is 16.3. The number of para-hydroxylation sites is 2. The van der Waals surface area contributed by atoms with Crippen molar-refractivity contribution in [3.8, 4) is 33.4 Å². The van der Waals surface area contributed by atoms with Crippen LogP contribution in [-0.2, 0) is 0 Å². The lowest BCUT2D eigenvalue weighted by molar-refractivity contribution is 0.670. The van der Waals surface area contributed by atoms with Gasteiger partial charge in [-0.3, -0.25) is 0 Å². The van der Waals surface area contributed by atoms with Crippen LogP contribution in [0.25, 0.3) is 87.6 Å². The van der Waals surface area contributed by atoms with Crippen molar-refractivity contribution >= 4 is 71.3 Å². The van der Waals surface area contributed by atoms with E-state index in [4.69, 9.17) is 4.42 Å². The smallest absolute Gasteiger partial charge is 0.143 e. The number of furan rings is 1. The van der Waals surface area contributed by atoms with E-state index in [1.165, 1.54) is 54.6 Å². The lowest BCUT2D eigenvalue weighted by Gasteiger charge is -2.26. The molecule has 0 aliphatic rings. The first kappa shape index (κ1) is 32.0. The standard InChI is InChI=1S/C54H35NO/c1-2-10-36(11-3-1)41-13-8-14-45(34-41)55(44-30-24-39(25-31-44)47-17-9-18-51-50-16-6-7-19-53(50)56-54(47)51)43-28-22-37(23-29-43)42-21-20-40-27-32-48-46-15-5-4-12-38(46)26-33-49(48)52(40)35-42/h1-35H. The molecule has 56 heavy (non-hydrogen) atoms. The number of rotatable bonds is 6. The molecule has 1 heterocycles. The summed E-state index contributed by atoms with van der Waals surface area (Å²) in [7, 11) is 0. The predicted octanol–water partition coefficient (Wildman–Crippen LogP) is 15.5. The van der Waals surface area contributed by atoms with Crippen LogP contribution in [0.15, 0.2) is 217 Å². The average molecular weight is 714 g/mol. The maximum absolute atomic E-state index is 6.41. The molecule has 0 radical (unpaired) electrons. The van der Waals surface area contributed by atoms with Gasteiger partial charge in [-0.25, -0.2) is 0 Å². The van der Waals surface area contributed by atoms with Gasteiger partial charge < -0.3 is 9.32 Å². The molecule has 11 rings (SSSR count). The van der Waals surface area contributed by atoms with E-state index in [0.717, 1.165) is 50.1 Å². The summed E-state index contributed by atoms with van der Waals surface area (Å²) in [5, 5.41) is 9.92. The number of hydrogen-bond donors (Lipinski definition) is 0. The van der Waals surface area contributed by atoms with Crippen molar-refractivity contribution in [1.29, 1.82) is 0 Å². The Balaban J connectivity index is 0.999. The van der Waals surface area contributed by atoms with Gasteiger partial charge in [0.1, 0.15) is 11.2 Å². The molecule has 0 bridgehead atoms. The van der Waals surface area contributed by atoms with Crippen molar-refractivity contribution < 1.29 is 4.42 Å². The molecule has 0 atom stereocenters. The molecule has 10 aromatic carbocycles. The van der Waals surface area contributed by atoms with Gasteiger partial charge in [0.15, 0.2) is 0 Å². The van der Waals surface area contributed by atoms with Gasteiger partial charge in [0.25, 0.3) is 0 Å². The van der Waals surface area contributed by atoms with Crippen LogP contribution in [0.3, 0.4) is 0 Å². The number of anilines is 3. The first-order valence-corrected chi connectivity index (χ1v) is 19.2. The van der Waals surface area contributed by atoms with Crippen molar-refractivity contribution in [3.05, 3.63) is 212 Å². The maximum atomic E-state index is 6.41. The molecular formula is C54H35NO. The van der Waals surface area contributed by atoms with Gasteiger partial charge >= 0.3 is 0 Å². The summed E-state index contributed by atoms with van der Waals surface area (Å²) in [6.07, 6.45) is 0. The minimum atomic E-state index is 0.908. The van der Waals surface area contributed by atoms with Crippen molar-refractivity contribution in [2.24, 2.45) is 0 Å². The molecule has 1 aromatic heterocycles. The van der Waals surface area contributed by atoms with E-state index in [1.807, 2.05) is 12.1 Å². The average Bonchev–Trinajstić information content (AvgIpc) is 3.66. The van der Waals surface area contributed by atoms with Crippen LogP contribution < -0.4 is 4.90 Å². The third kappa shape index (κ3) is 5.42. The summed E-state index contributed by atoms with van der Waals surface area (Å²) in [5.41, 5.74) is 12.0. The Labute approximate surface area is 325 Å². The van der Waals surface area contributed by atoms with Gasteiger partial charge in [-0.1, -0.05) is 164 Å². The number of nitrogens with zero attached hydrogens (tertiary/aromatic N) is 1. The van der Waals surface area contributed by atoms with E-state index in [2.05, 4.69) is 205 Å². The Morgan fingerprint density at radius 2 is 0.839 bits per heavy atom. The second kappa shape index (κ2) is 13.2. The van der Waals surface area contributed by atoms with Crippen LogP contribution in [0.4, 0.5) is 17.1 Å². The van der Waals surface area contributed by atoms with Crippen LogP contribution in [-0.4, -0.2) is 0 Å². The van der Waals surface area contributed by atoms with E-state index in [0.29, 0.717) is 0 Å². The Morgan fingerprint density at radius 3 is 1.64 bits per heavy atom. The summed E-state index contributed by atoms with van der Waals surface area (Å²) in [6.45, 7) is 0. The predicted molar refractivity (Wildman–Crippen MR) is 237 cm³/mol. The molecule has 11 aromatic rings. The quantitative estimate of drug-likeness (QED) is 0.160. The fraction of sp³-hybridized carbons (Fsp3) is 0. The van der Waals surface area contributed by atoms with E-state index in [-0.39, 0.29) is 0 Å². The molecule has 0 aliphatic heterocycles. The summed E-state index contributed by atoms with van der Waals surface area (Å²) < 4.78 is 6.41. The van der Waals surface area contributed by atoms with Crippen LogP contribution in [0, 0.1) is 0 Å².